The molecule has 1 atom stereocenters. The van der Waals surface area contributed by atoms with Crippen molar-refractivity contribution in [3.63, 3.8) is 0 Å². The molecule has 1 rings (SSSR count). The normalized spacial score (nSPS) is 11.3. The van der Waals surface area contributed by atoms with Gasteiger partial charge in [0.2, 0.25) is 0 Å². The van der Waals surface area contributed by atoms with Crippen molar-refractivity contribution >= 4 is 13.6 Å². The van der Waals surface area contributed by atoms with Crippen LogP contribution < -0.4 is 4.74 Å². The van der Waals surface area contributed by atoms with Crippen molar-refractivity contribution in [2.24, 2.45) is 0 Å². The van der Waals surface area contributed by atoms with Crippen LogP contribution in [-0.4, -0.2) is 6.10 Å². The molecule has 0 N–H and O–H groups in total. The maximum atomic E-state index is 5.66. The van der Waals surface area contributed by atoms with E-state index in [4.69, 9.17) is 4.74 Å². The number of rotatable bonds is 3. The molecule has 0 aromatic heterocycles. The third-order valence-corrected chi connectivity index (χ3v) is 1.94. The van der Waals surface area contributed by atoms with Crippen molar-refractivity contribution in [3.05, 3.63) is 29.8 Å². The zero-order chi connectivity index (χ0) is 11.0. The van der Waals surface area contributed by atoms with Gasteiger partial charge in [-0.1, -0.05) is 13.8 Å². The van der Waals surface area contributed by atoms with E-state index >= 15 is 0 Å². The van der Waals surface area contributed by atoms with E-state index in [-0.39, 0.29) is 0 Å². The number of hydrogen-bond donors (Lipinski definition) is 0. The molecular weight excluding hydrogens is 293 g/mol. The summed E-state index contributed by atoms with van der Waals surface area (Å²) in [5.41, 5.74) is 1.18. The molecule has 0 aliphatic heterocycles. The minimum atomic E-state index is 0.291. The maximum absolute atomic E-state index is 5.66. The summed E-state index contributed by atoms with van der Waals surface area (Å²) in [5, 5.41) is 0. The number of hydrogen-bond acceptors (Lipinski definition) is 1. The van der Waals surface area contributed by atoms with E-state index in [0.717, 1.165) is 12.2 Å². The molecule has 0 fully saturated rings. The van der Waals surface area contributed by atoms with E-state index in [2.05, 4.69) is 33.5 Å². The Bertz CT molecular complexity index is 253. The fourth-order valence-electron chi connectivity index (χ4n) is 0.920. The van der Waals surface area contributed by atoms with Crippen molar-refractivity contribution in [3.8, 4) is 5.75 Å². The molecule has 0 amide bonds. The molecular formula is C11H15BrOZn. The molecule has 1 aromatic carbocycles. The monoisotopic (exact) mass is 306 g/mol. The van der Waals surface area contributed by atoms with Crippen molar-refractivity contribution in [2.45, 2.75) is 33.3 Å². The Morgan fingerprint density at radius 3 is 2.71 bits per heavy atom. The summed E-state index contributed by atoms with van der Waals surface area (Å²) in [7, 11) is 0. The quantitative estimate of drug-likeness (QED) is 0.609. The van der Waals surface area contributed by atoms with Gasteiger partial charge in [-0.05, 0) is 13.3 Å². The third kappa shape index (κ3) is 5.12. The Balaban J connectivity index is 0.000000791. The molecule has 3 heteroatoms. The van der Waals surface area contributed by atoms with Gasteiger partial charge < -0.3 is 4.74 Å². The predicted molar refractivity (Wildman–Crippen MR) is 59.3 cm³/mol. The van der Waals surface area contributed by atoms with Crippen LogP contribution in [0.2, 0.25) is 0 Å². The Morgan fingerprint density at radius 2 is 2.21 bits per heavy atom. The summed E-state index contributed by atoms with van der Waals surface area (Å²) in [6.45, 7) is 6.24. The van der Waals surface area contributed by atoms with Gasteiger partial charge in [0.1, 0.15) is 0 Å². The molecule has 1 nitrogen and oxygen atoms in total. The van der Waals surface area contributed by atoms with E-state index in [9.17, 15) is 0 Å². The Hall–Kier alpha value is 0.123. The molecule has 0 aliphatic rings. The molecule has 1 aromatic rings. The van der Waals surface area contributed by atoms with Gasteiger partial charge in [-0.25, -0.2) is 0 Å². The number of aryl methyl sites for hydroxylation is 1. The van der Waals surface area contributed by atoms with Gasteiger partial charge in [0.25, 0.3) is 0 Å². The fourth-order valence-corrected chi connectivity index (χ4v) is 0.920. The average molecular weight is 309 g/mol. The van der Waals surface area contributed by atoms with E-state index in [1.807, 2.05) is 25.1 Å². The average Bonchev–Trinajstić information content (AvgIpc) is 2.24. The molecule has 14 heavy (non-hydrogen) atoms. The Kier molecular flexibility index (Phi) is 8.51. The first-order chi connectivity index (χ1) is 6.74. The van der Waals surface area contributed by atoms with Crippen molar-refractivity contribution in [1.29, 1.82) is 0 Å². The van der Waals surface area contributed by atoms with Crippen LogP contribution in [0.3, 0.4) is 0 Å². The molecule has 0 radical (unpaired) electrons. The standard InChI is InChI=1S/C11H15O.BrH.Zn/c1-4-10(3)12-11-8-6-5-7-9(11)2;;/h5,7-8,10H,4H2,1-3H3;1H;/q-1;;+2/p-1. The van der Waals surface area contributed by atoms with E-state index < -0.39 is 0 Å². The van der Waals surface area contributed by atoms with Crippen LogP contribution in [0.4, 0.5) is 0 Å². The van der Waals surface area contributed by atoms with Crippen molar-refractivity contribution in [2.75, 3.05) is 0 Å². The van der Waals surface area contributed by atoms with Crippen LogP contribution in [0.15, 0.2) is 18.2 Å². The van der Waals surface area contributed by atoms with Crippen molar-refractivity contribution < 1.29 is 21.1 Å². The first kappa shape index (κ1) is 14.1. The van der Waals surface area contributed by atoms with Gasteiger partial charge in [0.05, 0.1) is 6.10 Å². The van der Waals surface area contributed by atoms with E-state index in [0.29, 0.717) is 6.10 Å². The summed E-state index contributed by atoms with van der Waals surface area (Å²) in [4.78, 5) is 0. The second kappa shape index (κ2) is 8.43. The van der Waals surface area contributed by atoms with Gasteiger partial charge >= 0.3 is 30.0 Å². The van der Waals surface area contributed by atoms with Gasteiger partial charge in [0, 0.05) is 5.75 Å². The van der Waals surface area contributed by atoms with Crippen LogP contribution in [0.25, 0.3) is 0 Å². The molecule has 0 spiro atoms. The van der Waals surface area contributed by atoms with Gasteiger partial charge in [-0.15, -0.1) is 11.6 Å². The SMILES string of the molecule is CCC(C)Oc1c[c-]ccc1C.[Zn+][Br]. The molecule has 74 valence electrons. The van der Waals surface area contributed by atoms with Crippen LogP contribution in [0.1, 0.15) is 25.8 Å². The topological polar surface area (TPSA) is 9.23 Å². The number of benzene rings is 1. The van der Waals surface area contributed by atoms with Gasteiger partial charge in [0.15, 0.2) is 0 Å². The molecule has 0 saturated carbocycles. The zero-order valence-electron chi connectivity index (χ0n) is 9.01. The summed E-state index contributed by atoms with van der Waals surface area (Å²) in [6.07, 6.45) is 1.33. The van der Waals surface area contributed by atoms with Crippen LogP contribution in [-0.2, 0) is 16.3 Å². The molecule has 0 aliphatic carbocycles. The fraction of sp³-hybridized carbons (Fsp3) is 0.455. The second-order valence-corrected chi connectivity index (χ2v) is 3.03. The summed E-state index contributed by atoms with van der Waals surface area (Å²) >= 11 is 4.25. The second-order valence-electron chi connectivity index (χ2n) is 3.03. The summed E-state index contributed by atoms with van der Waals surface area (Å²) < 4.78 is 5.66. The zero-order valence-corrected chi connectivity index (χ0v) is 13.6. The van der Waals surface area contributed by atoms with E-state index in [1.54, 1.807) is 0 Å². The van der Waals surface area contributed by atoms with Gasteiger partial charge in [-0.2, -0.15) is 18.2 Å². The van der Waals surface area contributed by atoms with Crippen LogP contribution >= 0.6 is 13.6 Å². The number of ether oxygens (including phenoxy) is 1. The van der Waals surface area contributed by atoms with Crippen LogP contribution in [0.5, 0.6) is 5.75 Å². The molecule has 0 heterocycles. The third-order valence-electron chi connectivity index (χ3n) is 1.94. The van der Waals surface area contributed by atoms with Gasteiger partial charge in [-0.3, -0.25) is 0 Å². The van der Waals surface area contributed by atoms with Crippen LogP contribution in [0, 0.1) is 13.0 Å². The predicted octanol–water partition coefficient (Wildman–Crippen LogP) is 3.82. The van der Waals surface area contributed by atoms with E-state index in [1.165, 1.54) is 21.9 Å². The first-order valence-corrected chi connectivity index (χ1v) is 11.6. The minimum absolute atomic E-state index is 0.291. The number of halogens is 1. The Labute approximate surface area is 103 Å². The van der Waals surface area contributed by atoms with Crippen molar-refractivity contribution in [1.82, 2.24) is 0 Å². The first-order valence-electron chi connectivity index (χ1n) is 4.64. The Morgan fingerprint density at radius 1 is 1.57 bits per heavy atom. The molecule has 0 bridgehead atoms. The summed E-state index contributed by atoms with van der Waals surface area (Å²) in [5.74, 6) is 0.951. The summed E-state index contributed by atoms with van der Waals surface area (Å²) in [6, 6.07) is 8.81. The molecule has 0 saturated heterocycles. The molecule has 1 unspecified atom stereocenters.